The number of hydrogen-bond donors (Lipinski definition) is 1. The van der Waals surface area contributed by atoms with Crippen LogP contribution in [0.1, 0.15) is 137 Å². The normalized spacial score (nSPS) is 12.3. The van der Waals surface area contributed by atoms with Crippen LogP contribution in [0.2, 0.25) is 0 Å². The zero-order valence-corrected chi connectivity index (χ0v) is 50.9. The maximum atomic E-state index is 12.5. The van der Waals surface area contributed by atoms with Crippen LogP contribution in [0.15, 0.2) is 130 Å². The van der Waals surface area contributed by atoms with Gasteiger partial charge in [-0.05, 0) is 121 Å². The summed E-state index contributed by atoms with van der Waals surface area (Å²) in [5.41, 5.74) is 6.11. The smallest absolute Gasteiger partial charge is 0.204 e. The van der Waals surface area contributed by atoms with E-state index in [1.165, 1.54) is 14.2 Å². The summed E-state index contributed by atoms with van der Waals surface area (Å²) in [4.78, 5) is 0. The molecule has 0 aliphatic rings. The molecule has 12 bridgehead atoms. The van der Waals surface area contributed by atoms with Gasteiger partial charge in [-0.25, -0.2) is 0 Å². The van der Waals surface area contributed by atoms with Crippen molar-refractivity contribution in [1.29, 1.82) is 0 Å². The average Bonchev–Trinajstić information content (AvgIpc) is 3.43. The Morgan fingerprint density at radius 2 is 0.519 bits per heavy atom. The van der Waals surface area contributed by atoms with Crippen LogP contribution in [0.3, 0.4) is 0 Å². The maximum absolute atomic E-state index is 12.5. The van der Waals surface area contributed by atoms with Gasteiger partial charge in [0.15, 0.2) is 67.0 Å². The lowest BCUT2D eigenvalue weighted by atomic mass is 9.86. The van der Waals surface area contributed by atoms with E-state index >= 15 is 0 Å². The molecule has 0 saturated heterocycles. The van der Waals surface area contributed by atoms with Crippen molar-refractivity contribution in [3.05, 3.63) is 137 Å². The first-order valence-corrected chi connectivity index (χ1v) is 27.2. The third-order valence-electron chi connectivity index (χ3n) is 14.0. The highest BCUT2D eigenvalue weighted by Crippen LogP contribution is 2.44. The molecule has 0 spiro atoms. The largest absolute Gasteiger partial charge is 0.502 e. The Hall–Kier alpha value is -8.06. The molecule has 0 aliphatic heterocycles. The van der Waals surface area contributed by atoms with Crippen molar-refractivity contribution in [2.45, 2.75) is 138 Å². The molecular formula is C68H80O13. The van der Waals surface area contributed by atoms with Crippen molar-refractivity contribution in [3.8, 4) is 40.2 Å². The van der Waals surface area contributed by atoms with E-state index in [2.05, 4.69) is 104 Å². The van der Waals surface area contributed by atoms with E-state index in [9.17, 15) is 5.11 Å². The Bertz CT molecular complexity index is 3720. The molecule has 0 saturated carbocycles. The van der Waals surface area contributed by atoms with Crippen molar-refractivity contribution in [2.75, 3.05) is 35.5 Å². The first kappa shape index (κ1) is 59.1. The number of rotatable bonds is 8. The van der Waals surface area contributed by atoms with Gasteiger partial charge in [-0.15, -0.1) is 0 Å². The summed E-state index contributed by atoms with van der Waals surface area (Å²) in [6.07, 6.45) is 0. The topological polar surface area (TPSA) is 154 Å². The molecule has 0 aliphatic carbocycles. The quantitative estimate of drug-likeness (QED) is 0.154. The third kappa shape index (κ3) is 12.9. The Kier molecular flexibility index (Phi) is 16.4. The van der Waals surface area contributed by atoms with Gasteiger partial charge in [0.2, 0.25) is 34.5 Å². The zero-order chi connectivity index (χ0) is 59.1. The first-order chi connectivity index (χ1) is 37.9. The van der Waals surface area contributed by atoms with Gasteiger partial charge in [-0.1, -0.05) is 134 Å². The molecule has 81 heavy (non-hydrogen) atoms. The summed E-state index contributed by atoms with van der Waals surface area (Å²) >= 11 is 0. The van der Waals surface area contributed by atoms with Crippen LogP contribution in [-0.2, 0) is 33.7 Å². The Labute approximate surface area is 474 Å². The number of phenols is 1. The molecule has 0 fully saturated rings. The second-order valence-corrected chi connectivity index (χ2v) is 25.4. The second-order valence-electron chi connectivity index (χ2n) is 25.4. The van der Waals surface area contributed by atoms with Crippen LogP contribution < -0.4 is 28.4 Å². The Morgan fingerprint density at radius 1 is 0.309 bits per heavy atom. The van der Waals surface area contributed by atoms with Crippen molar-refractivity contribution < 1.29 is 60.0 Å². The molecule has 0 unspecified atom stereocenters. The summed E-state index contributed by atoms with van der Waals surface area (Å²) < 4.78 is 79.8. The van der Waals surface area contributed by atoms with Gasteiger partial charge in [0.05, 0.1) is 35.5 Å². The number of benzene rings is 7. The van der Waals surface area contributed by atoms with Gasteiger partial charge >= 0.3 is 0 Å². The molecule has 430 valence electrons. The van der Waals surface area contributed by atoms with Gasteiger partial charge < -0.3 is 60.0 Å². The fourth-order valence-corrected chi connectivity index (χ4v) is 9.06. The molecule has 1 N–H and O–H groups in total. The van der Waals surface area contributed by atoms with Gasteiger partial charge in [0.1, 0.15) is 12.4 Å². The van der Waals surface area contributed by atoms with E-state index in [-0.39, 0.29) is 57.7 Å². The number of phenolic OH excluding ortho intramolecular Hbond substituents is 1. The fourth-order valence-electron chi connectivity index (χ4n) is 9.06. The molecule has 0 amide bonds. The molecule has 7 aromatic carbocycles. The van der Waals surface area contributed by atoms with Crippen LogP contribution >= 0.6 is 0 Å². The SMILES string of the molecule is COc1c2cc(C(C)(C)C)cc1oc1cc(C(C)(C)C)cc(oc3cc(C(C)(C)C)cc(oc4cc(C(C)(C)C)cc(oc5cc(C(C)(C)C)cc(oc6cc(OCc7ccccc7)cc(o2)c6O)c5OC)c4OC)c3OC)c1OC. The number of methoxy groups -OCH3 is 5. The molecule has 1 aromatic heterocycles. The summed E-state index contributed by atoms with van der Waals surface area (Å²) in [6.45, 7) is 31.7. The van der Waals surface area contributed by atoms with Crippen LogP contribution in [0.4, 0.5) is 0 Å². The minimum absolute atomic E-state index is 0.00666. The number of hydrogen-bond acceptors (Lipinski definition) is 13. The molecular weight excluding hydrogens is 1020 g/mol. The predicted molar refractivity (Wildman–Crippen MR) is 323 cm³/mol. The predicted octanol–water partition coefficient (Wildman–Crippen LogP) is 19.0. The van der Waals surface area contributed by atoms with Crippen LogP contribution in [0, 0.1) is 0 Å². The highest BCUT2D eigenvalue weighted by Gasteiger charge is 2.26. The lowest BCUT2D eigenvalue weighted by Crippen LogP contribution is -2.11. The fraction of sp³-hybridized carbons (Fsp3) is 0.382. The van der Waals surface area contributed by atoms with Crippen molar-refractivity contribution in [2.24, 2.45) is 0 Å². The molecule has 13 nitrogen and oxygen atoms in total. The van der Waals surface area contributed by atoms with Crippen molar-refractivity contribution in [3.63, 3.8) is 0 Å². The molecule has 0 radical (unpaired) electrons. The number of aromatic hydroxyl groups is 1. The second kappa shape index (κ2) is 22.5. The highest BCUT2D eigenvalue weighted by molar-refractivity contribution is 5.84. The minimum atomic E-state index is -0.449. The van der Waals surface area contributed by atoms with Crippen LogP contribution in [0.5, 0.6) is 40.2 Å². The molecule has 1 heterocycles. The lowest BCUT2D eigenvalue weighted by molar-refractivity contribution is 0.305. The molecule has 13 heteroatoms. The average molecular weight is 1110 g/mol. The monoisotopic (exact) mass is 1100 g/mol. The van der Waals surface area contributed by atoms with Crippen molar-refractivity contribution >= 4 is 67.0 Å². The van der Waals surface area contributed by atoms with Gasteiger partial charge in [-0.2, -0.15) is 0 Å². The van der Waals surface area contributed by atoms with E-state index in [0.29, 0.717) is 56.2 Å². The first-order valence-electron chi connectivity index (χ1n) is 27.2. The van der Waals surface area contributed by atoms with Crippen LogP contribution in [0.25, 0.3) is 67.0 Å². The number of fused-ring (bicyclic) bond motifs is 12. The molecule has 8 rings (SSSR count). The van der Waals surface area contributed by atoms with E-state index in [1.54, 1.807) is 33.5 Å². The van der Waals surface area contributed by atoms with Crippen LogP contribution in [-0.4, -0.2) is 40.7 Å². The van der Waals surface area contributed by atoms with E-state index in [0.717, 1.165) is 33.4 Å². The molecule has 0 atom stereocenters. The van der Waals surface area contributed by atoms with Gasteiger partial charge in [0, 0.05) is 12.1 Å². The van der Waals surface area contributed by atoms with E-state index in [1.807, 2.05) is 91.0 Å². The summed E-state index contributed by atoms with van der Waals surface area (Å²) in [5.74, 6) is 1.29. The maximum Gasteiger partial charge on any atom is 0.204 e. The zero-order valence-electron chi connectivity index (χ0n) is 50.9. The summed E-state index contributed by atoms with van der Waals surface area (Å²) in [5, 5.41) is 12.5. The lowest BCUT2D eigenvalue weighted by Gasteiger charge is -2.21. The molecule has 8 aromatic rings. The van der Waals surface area contributed by atoms with E-state index < -0.39 is 27.1 Å². The summed E-state index contributed by atoms with van der Waals surface area (Å²) in [7, 11) is 7.77. The highest BCUT2D eigenvalue weighted by atomic mass is 16.5. The standard InChI is InChI=1S/C68H80O13/c1-64(2,3)40-26-48-59(70-16)50(28-40)78-52-30-42(66(7,8)9)32-54(61(52)72-18)80-56-34-44(68(13,14)15)35-57(63(56)74-20)81-55-33-43(67(10,11)12)31-53(62(55)73-19)79-51-29-41(65(4,5)6)27-49(60(51)71-17)77-47-37-45(36-46(76-48)58(47)69)75-38-39-24-22-21-23-25-39/h21-37,69H,38H2,1-20H3. The minimum Gasteiger partial charge on any atom is -0.502 e. The van der Waals surface area contributed by atoms with E-state index in [4.69, 9.17) is 54.9 Å². The Morgan fingerprint density at radius 3 is 0.716 bits per heavy atom. The van der Waals surface area contributed by atoms with Gasteiger partial charge in [-0.3, -0.25) is 0 Å². The van der Waals surface area contributed by atoms with Crippen molar-refractivity contribution in [1.82, 2.24) is 0 Å². The van der Waals surface area contributed by atoms with Gasteiger partial charge in [0.25, 0.3) is 0 Å². The third-order valence-corrected chi connectivity index (χ3v) is 14.0. The Balaban J connectivity index is 1.73. The summed E-state index contributed by atoms with van der Waals surface area (Å²) in [6, 6.07) is 32.2. The number of ether oxygens (including phenoxy) is 6.